The Morgan fingerprint density at radius 1 is 1.44 bits per heavy atom. The van der Waals surface area contributed by atoms with Crippen LogP contribution in [0, 0.1) is 31.1 Å². The van der Waals surface area contributed by atoms with Crippen LogP contribution >= 0.6 is 0 Å². The van der Waals surface area contributed by atoms with E-state index in [1.165, 1.54) is 0 Å². The summed E-state index contributed by atoms with van der Waals surface area (Å²) in [6.45, 7) is 4.38. The SMILES string of the molecule is Cc1cc(C)c(C#N)c(NC[C@@H]2CC(=O)N(C)[C@H]2c2cccnc2)n1. The van der Waals surface area contributed by atoms with E-state index in [0.717, 1.165) is 16.8 Å². The van der Waals surface area contributed by atoms with E-state index in [9.17, 15) is 10.1 Å². The number of aryl methyl sites for hydroxylation is 2. The van der Waals surface area contributed by atoms with Crippen molar-refractivity contribution in [2.45, 2.75) is 26.3 Å². The third-order valence-corrected chi connectivity index (χ3v) is 4.71. The van der Waals surface area contributed by atoms with Crippen LogP contribution in [-0.4, -0.2) is 34.4 Å². The summed E-state index contributed by atoms with van der Waals surface area (Å²) >= 11 is 0. The molecule has 6 heteroatoms. The molecule has 0 aliphatic carbocycles. The zero-order valence-corrected chi connectivity index (χ0v) is 14.7. The topological polar surface area (TPSA) is 81.9 Å². The minimum Gasteiger partial charge on any atom is -0.369 e. The highest BCUT2D eigenvalue weighted by Crippen LogP contribution is 2.36. The maximum Gasteiger partial charge on any atom is 0.223 e. The van der Waals surface area contributed by atoms with Gasteiger partial charge >= 0.3 is 0 Å². The number of hydrogen-bond donors (Lipinski definition) is 1. The molecule has 0 unspecified atom stereocenters. The smallest absolute Gasteiger partial charge is 0.223 e. The number of nitrogens with one attached hydrogen (secondary N) is 1. The number of carbonyl (C=O) groups excluding carboxylic acids is 1. The number of rotatable bonds is 4. The molecule has 6 nitrogen and oxygen atoms in total. The van der Waals surface area contributed by atoms with E-state index < -0.39 is 0 Å². The first kappa shape index (κ1) is 16.9. The highest BCUT2D eigenvalue weighted by Gasteiger charge is 2.38. The van der Waals surface area contributed by atoms with Crippen molar-refractivity contribution in [3.05, 3.63) is 53.0 Å². The fourth-order valence-electron chi connectivity index (χ4n) is 3.52. The normalized spacial score (nSPS) is 19.8. The van der Waals surface area contributed by atoms with Crippen LogP contribution in [0.1, 0.15) is 34.8 Å². The largest absolute Gasteiger partial charge is 0.369 e. The van der Waals surface area contributed by atoms with Gasteiger partial charge in [-0.25, -0.2) is 4.98 Å². The van der Waals surface area contributed by atoms with Gasteiger partial charge in [-0.05, 0) is 37.1 Å². The molecule has 0 bridgehead atoms. The summed E-state index contributed by atoms with van der Waals surface area (Å²) in [6.07, 6.45) is 4.00. The average Bonchev–Trinajstić information content (AvgIpc) is 2.87. The second-order valence-corrected chi connectivity index (χ2v) is 6.50. The van der Waals surface area contributed by atoms with E-state index in [1.54, 1.807) is 11.1 Å². The lowest BCUT2D eigenvalue weighted by Crippen LogP contribution is -2.27. The van der Waals surface area contributed by atoms with Crippen molar-refractivity contribution >= 4 is 11.7 Å². The Hall–Kier alpha value is -2.94. The Morgan fingerprint density at radius 3 is 2.92 bits per heavy atom. The number of amides is 1. The predicted octanol–water partition coefficient (Wildman–Crippen LogP) is 2.60. The minimum atomic E-state index is -0.0230. The van der Waals surface area contributed by atoms with Gasteiger partial charge < -0.3 is 10.2 Å². The third kappa shape index (κ3) is 3.31. The molecule has 25 heavy (non-hydrogen) atoms. The fraction of sp³-hybridized carbons (Fsp3) is 0.368. The van der Waals surface area contributed by atoms with Crippen molar-refractivity contribution in [1.29, 1.82) is 5.26 Å². The van der Waals surface area contributed by atoms with Crippen LogP contribution in [0.4, 0.5) is 5.82 Å². The van der Waals surface area contributed by atoms with Gasteiger partial charge in [0.05, 0.1) is 11.6 Å². The van der Waals surface area contributed by atoms with E-state index in [1.807, 2.05) is 45.3 Å². The lowest BCUT2D eigenvalue weighted by molar-refractivity contribution is -0.127. The van der Waals surface area contributed by atoms with E-state index >= 15 is 0 Å². The van der Waals surface area contributed by atoms with Crippen molar-refractivity contribution in [2.75, 3.05) is 18.9 Å². The first-order valence-corrected chi connectivity index (χ1v) is 8.29. The van der Waals surface area contributed by atoms with E-state index in [0.29, 0.717) is 24.3 Å². The van der Waals surface area contributed by atoms with Crippen molar-refractivity contribution in [3.8, 4) is 6.07 Å². The van der Waals surface area contributed by atoms with Crippen molar-refractivity contribution in [1.82, 2.24) is 14.9 Å². The van der Waals surface area contributed by atoms with Crippen LogP contribution in [0.3, 0.4) is 0 Å². The number of anilines is 1. The number of hydrogen-bond acceptors (Lipinski definition) is 5. The summed E-state index contributed by atoms with van der Waals surface area (Å²) in [7, 11) is 1.83. The highest BCUT2D eigenvalue weighted by molar-refractivity contribution is 5.79. The highest BCUT2D eigenvalue weighted by atomic mass is 16.2. The lowest BCUT2D eigenvalue weighted by atomic mass is 9.94. The number of nitrogens with zero attached hydrogens (tertiary/aromatic N) is 4. The Bertz CT molecular complexity index is 828. The second kappa shape index (κ2) is 6.89. The summed E-state index contributed by atoms with van der Waals surface area (Å²) in [4.78, 5) is 22.6. The van der Waals surface area contributed by atoms with Crippen molar-refractivity contribution in [2.24, 2.45) is 5.92 Å². The molecule has 1 fully saturated rings. The number of likely N-dealkylation sites (tertiary alicyclic amines) is 1. The standard InChI is InChI=1S/C19H21N5O/c1-12-7-13(2)23-19(16(12)9-20)22-11-15-8-17(25)24(3)18(15)14-5-4-6-21-10-14/h4-7,10,15,18H,8,11H2,1-3H3,(H,22,23)/t15-,18-/m0/s1. The molecule has 0 radical (unpaired) electrons. The van der Waals surface area contributed by atoms with Crippen LogP contribution in [0.25, 0.3) is 0 Å². The van der Waals surface area contributed by atoms with Gasteiger partial charge in [0.2, 0.25) is 5.91 Å². The predicted molar refractivity (Wildman–Crippen MR) is 94.8 cm³/mol. The van der Waals surface area contributed by atoms with E-state index in [4.69, 9.17) is 0 Å². The molecule has 1 saturated heterocycles. The molecule has 128 valence electrons. The summed E-state index contributed by atoms with van der Waals surface area (Å²) in [5.74, 6) is 0.803. The number of pyridine rings is 2. The maximum atomic E-state index is 12.2. The third-order valence-electron chi connectivity index (χ3n) is 4.71. The number of carbonyl (C=O) groups is 1. The van der Waals surface area contributed by atoms with Crippen LogP contribution in [-0.2, 0) is 4.79 Å². The van der Waals surface area contributed by atoms with Crippen molar-refractivity contribution < 1.29 is 4.79 Å². The molecular weight excluding hydrogens is 314 g/mol. The summed E-state index contributed by atoms with van der Waals surface area (Å²) in [5.41, 5.74) is 3.35. The molecule has 2 aromatic heterocycles. The Kier molecular flexibility index (Phi) is 4.66. The van der Waals surface area contributed by atoms with Gasteiger partial charge in [0.1, 0.15) is 11.9 Å². The fourth-order valence-corrected chi connectivity index (χ4v) is 3.52. The Labute approximate surface area is 147 Å². The van der Waals surface area contributed by atoms with Gasteiger partial charge in [0.15, 0.2) is 0 Å². The lowest BCUT2D eigenvalue weighted by Gasteiger charge is -2.25. The summed E-state index contributed by atoms with van der Waals surface area (Å²) < 4.78 is 0. The molecule has 3 heterocycles. The molecule has 0 saturated carbocycles. The zero-order valence-electron chi connectivity index (χ0n) is 14.7. The molecule has 2 aromatic rings. The summed E-state index contributed by atoms with van der Waals surface area (Å²) in [6, 6.07) is 7.97. The summed E-state index contributed by atoms with van der Waals surface area (Å²) in [5, 5.41) is 12.7. The first-order chi connectivity index (χ1) is 12.0. The molecule has 0 aromatic carbocycles. The molecule has 1 aliphatic heterocycles. The molecular formula is C19H21N5O. The van der Waals surface area contributed by atoms with E-state index in [2.05, 4.69) is 21.4 Å². The molecule has 1 aliphatic rings. The molecule has 0 spiro atoms. The van der Waals surface area contributed by atoms with Crippen molar-refractivity contribution in [3.63, 3.8) is 0 Å². The molecule has 2 atom stereocenters. The van der Waals surface area contributed by atoms with Gasteiger partial charge in [-0.2, -0.15) is 5.26 Å². The minimum absolute atomic E-state index is 0.0230. The quantitative estimate of drug-likeness (QED) is 0.929. The molecule has 1 amide bonds. The first-order valence-electron chi connectivity index (χ1n) is 8.29. The Morgan fingerprint density at radius 2 is 2.24 bits per heavy atom. The van der Waals surface area contributed by atoms with Crippen LogP contribution in [0.5, 0.6) is 0 Å². The van der Waals surface area contributed by atoms with Crippen LogP contribution in [0.2, 0.25) is 0 Å². The number of aromatic nitrogens is 2. The van der Waals surface area contributed by atoms with Gasteiger partial charge in [0.25, 0.3) is 0 Å². The van der Waals surface area contributed by atoms with Gasteiger partial charge in [-0.15, -0.1) is 0 Å². The van der Waals surface area contributed by atoms with Crippen LogP contribution < -0.4 is 5.32 Å². The monoisotopic (exact) mass is 335 g/mol. The zero-order chi connectivity index (χ0) is 18.0. The van der Waals surface area contributed by atoms with Gasteiger partial charge in [-0.1, -0.05) is 6.07 Å². The Balaban J connectivity index is 1.83. The van der Waals surface area contributed by atoms with Crippen LogP contribution in [0.15, 0.2) is 30.6 Å². The van der Waals surface area contributed by atoms with E-state index in [-0.39, 0.29) is 17.9 Å². The molecule has 1 N–H and O–H groups in total. The second-order valence-electron chi connectivity index (χ2n) is 6.50. The number of nitriles is 1. The average molecular weight is 335 g/mol. The maximum absolute atomic E-state index is 12.2. The molecule has 3 rings (SSSR count). The van der Waals surface area contributed by atoms with Gasteiger partial charge in [-0.3, -0.25) is 9.78 Å². The van der Waals surface area contributed by atoms with Gasteiger partial charge in [0, 0.05) is 44.0 Å².